The Morgan fingerprint density at radius 3 is 2.48 bits per heavy atom. The molecule has 116 valence electrons. The minimum atomic E-state index is -0.437. The van der Waals surface area contributed by atoms with Gasteiger partial charge in [0.2, 0.25) is 5.91 Å². The summed E-state index contributed by atoms with van der Waals surface area (Å²) in [4.78, 5) is 15.5. The molecule has 3 aromatic rings. The van der Waals surface area contributed by atoms with E-state index in [-0.39, 0.29) is 5.82 Å². The van der Waals surface area contributed by atoms with Crippen molar-refractivity contribution in [2.24, 2.45) is 5.73 Å². The van der Waals surface area contributed by atoms with E-state index in [1.165, 1.54) is 23.5 Å². The van der Waals surface area contributed by atoms with E-state index in [0.29, 0.717) is 12.1 Å². The standard InChI is InChI=1S/C17H14FN3OS/c18-14-7-5-12(6-8-14)15-10-23-17(21-15)20-9-11-1-3-13(4-2-11)16(19)22/h1-8,10H,9H2,(H2,19,22)(H,20,21). The van der Waals surface area contributed by atoms with Crippen LogP contribution in [0.1, 0.15) is 15.9 Å². The summed E-state index contributed by atoms with van der Waals surface area (Å²) in [5.74, 6) is -0.699. The number of nitrogens with two attached hydrogens (primary N) is 1. The third kappa shape index (κ3) is 3.73. The van der Waals surface area contributed by atoms with E-state index in [9.17, 15) is 9.18 Å². The number of anilines is 1. The summed E-state index contributed by atoms with van der Waals surface area (Å²) in [5, 5.41) is 5.93. The average Bonchev–Trinajstić information content (AvgIpc) is 3.03. The second-order valence-corrected chi connectivity index (χ2v) is 5.82. The lowest BCUT2D eigenvalue weighted by atomic mass is 10.1. The predicted octanol–water partition coefficient (Wildman–Crippen LogP) is 3.66. The number of rotatable bonds is 5. The van der Waals surface area contributed by atoms with Crippen LogP contribution < -0.4 is 11.1 Å². The zero-order valence-corrected chi connectivity index (χ0v) is 12.9. The first-order chi connectivity index (χ1) is 11.1. The van der Waals surface area contributed by atoms with Crippen LogP contribution in [0.4, 0.5) is 9.52 Å². The first kappa shape index (κ1) is 15.2. The highest BCUT2D eigenvalue weighted by atomic mass is 32.1. The van der Waals surface area contributed by atoms with Gasteiger partial charge < -0.3 is 11.1 Å². The maximum absolute atomic E-state index is 12.9. The predicted molar refractivity (Wildman–Crippen MR) is 89.8 cm³/mol. The third-order valence-electron chi connectivity index (χ3n) is 3.33. The van der Waals surface area contributed by atoms with Crippen LogP contribution in [0.25, 0.3) is 11.3 Å². The molecular formula is C17H14FN3OS. The number of carbonyl (C=O) groups is 1. The molecular weight excluding hydrogens is 313 g/mol. The van der Waals surface area contributed by atoms with Crippen LogP contribution in [0.5, 0.6) is 0 Å². The van der Waals surface area contributed by atoms with E-state index < -0.39 is 5.91 Å². The van der Waals surface area contributed by atoms with Crippen molar-refractivity contribution in [2.75, 3.05) is 5.32 Å². The summed E-state index contributed by atoms with van der Waals surface area (Å²) in [7, 11) is 0. The molecule has 0 fully saturated rings. The third-order valence-corrected chi connectivity index (χ3v) is 4.13. The minimum Gasteiger partial charge on any atom is -0.366 e. The Morgan fingerprint density at radius 1 is 1.13 bits per heavy atom. The van der Waals surface area contributed by atoms with Crippen molar-refractivity contribution in [3.8, 4) is 11.3 Å². The molecule has 2 aromatic carbocycles. The van der Waals surface area contributed by atoms with Gasteiger partial charge >= 0.3 is 0 Å². The van der Waals surface area contributed by atoms with Crippen molar-refractivity contribution in [1.29, 1.82) is 0 Å². The molecule has 0 aliphatic heterocycles. The molecule has 0 unspecified atom stereocenters. The Morgan fingerprint density at radius 2 is 1.83 bits per heavy atom. The normalized spacial score (nSPS) is 10.5. The van der Waals surface area contributed by atoms with Gasteiger partial charge in [-0.3, -0.25) is 4.79 Å². The maximum Gasteiger partial charge on any atom is 0.248 e. The van der Waals surface area contributed by atoms with Gasteiger partial charge in [-0.05, 0) is 42.0 Å². The van der Waals surface area contributed by atoms with Crippen molar-refractivity contribution in [1.82, 2.24) is 4.98 Å². The fourth-order valence-electron chi connectivity index (χ4n) is 2.07. The number of primary amides is 1. The molecule has 0 saturated heterocycles. The zero-order valence-electron chi connectivity index (χ0n) is 12.1. The van der Waals surface area contributed by atoms with Gasteiger partial charge in [-0.1, -0.05) is 12.1 Å². The van der Waals surface area contributed by atoms with Crippen LogP contribution >= 0.6 is 11.3 Å². The van der Waals surface area contributed by atoms with Gasteiger partial charge in [-0.15, -0.1) is 11.3 Å². The first-order valence-corrected chi connectivity index (χ1v) is 7.84. The van der Waals surface area contributed by atoms with Gasteiger partial charge in [-0.2, -0.15) is 0 Å². The molecule has 1 amide bonds. The molecule has 0 atom stereocenters. The van der Waals surface area contributed by atoms with Crippen LogP contribution in [0, 0.1) is 5.82 Å². The number of hydrogen-bond acceptors (Lipinski definition) is 4. The van der Waals surface area contributed by atoms with Gasteiger partial charge in [-0.25, -0.2) is 9.37 Å². The van der Waals surface area contributed by atoms with Crippen LogP contribution in [0.2, 0.25) is 0 Å². The van der Waals surface area contributed by atoms with E-state index in [4.69, 9.17) is 5.73 Å². The average molecular weight is 327 g/mol. The Balaban J connectivity index is 1.65. The minimum absolute atomic E-state index is 0.262. The lowest BCUT2D eigenvalue weighted by molar-refractivity contribution is 0.100. The van der Waals surface area contributed by atoms with Crippen molar-refractivity contribution in [3.63, 3.8) is 0 Å². The summed E-state index contributed by atoms with van der Waals surface area (Å²) < 4.78 is 12.9. The quantitative estimate of drug-likeness (QED) is 0.751. The molecule has 3 rings (SSSR count). The number of carbonyl (C=O) groups excluding carboxylic acids is 1. The van der Waals surface area contributed by atoms with Crippen LogP contribution in [0.15, 0.2) is 53.9 Å². The fourth-order valence-corrected chi connectivity index (χ4v) is 2.79. The molecule has 6 heteroatoms. The topological polar surface area (TPSA) is 68.0 Å². The molecule has 1 heterocycles. The summed E-state index contributed by atoms with van der Waals surface area (Å²) in [6, 6.07) is 13.3. The number of amides is 1. The van der Waals surface area contributed by atoms with Gasteiger partial charge in [0, 0.05) is 23.1 Å². The van der Waals surface area contributed by atoms with E-state index >= 15 is 0 Å². The van der Waals surface area contributed by atoms with Crippen LogP contribution in [-0.2, 0) is 6.54 Å². The smallest absolute Gasteiger partial charge is 0.248 e. The van der Waals surface area contributed by atoms with Crippen molar-refractivity contribution < 1.29 is 9.18 Å². The van der Waals surface area contributed by atoms with Gasteiger partial charge in [0.1, 0.15) is 5.82 Å². The number of hydrogen-bond donors (Lipinski definition) is 2. The highest BCUT2D eigenvalue weighted by molar-refractivity contribution is 7.14. The van der Waals surface area contributed by atoms with Crippen molar-refractivity contribution in [3.05, 3.63) is 70.9 Å². The number of halogens is 1. The summed E-state index contributed by atoms with van der Waals surface area (Å²) in [5.41, 5.74) is 8.40. The Kier molecular flexibility index (Phi) is 4.34. The van der Waals surface area contributed by atoms with Crippen molar-refractivity contribution in [2.45, 2.75) is 6.54 Å². The molecule has 0 aliphatic carbocycles. The van der Waals surface area contributed by atoms with Crippen LogP contribution in [0.3, 0.4) is 0 Å². The number of nitrogens with zero attached hydrogens (tertiary/aromatic N) is 1. The number of aromatic nitrogens is 1. The molecule has 1 aromatic heterocycles. The number of thiazole rings is 1. The number of nitrogens with one attached hydrogen (secondary N) is 1. The number of benzene rings is 2. The molecule has 4 nitrogen and oxygen atoms in total. The molecule has 0 aliphatic rings. The van der Waals surface area contributed by atoms with Crippen LogP contribution in [-0.4, -0.2) is 10.9 Å². The van der Waals surface area contributed by atoms with E-state index in [1.54, 1.807) is 24.3 Å². The Bertz CT molecular complexity index is 813. The Labute approximate surface area is 136 Å². The SMILES string of the molecule is NC(=O)c1ccc(CNc2nc(-c3ccc(F)cc3)cs2)cc1. The first-order valence-electron chi connectivity index (χ1n) is 6.96. The summed E-state index contributed by atoms with van der Waals surface area (Å²) >= 11 is 1.49. The lowest BCUT2D eigenvalue weighted by Gasteiger charge is -2.03. The molecule has 0 saturated carbocycles. The second-order valence-electron chi connectivity index (χ2n) is 4.96. The second kappa shape index (κ2) is 6.58. The molecule has 3 N–H and O–H groups in total. The lowest BCUT2D eigenvalue weighted by Crippen LogP contribution is -2.10. The van der Waals surface area contributed by atoms with Gasteiger partial charge in [0.15, 0.2) is 5.13 Å². The monoisotopic (exact) mass is 327 g/mol. The summed E-state index contributed by atoms with van der Waals surface area (Å²) in [6.07, 6.45) is 0. The highest BCUT2D eigenvalue weighted by Crippen LogP contribution is 2.25. The zero-order chi connectivity index (χ0) is 16.2. The molecule has 0 spiro atoms. The molecule has 23 heavy (non-hydrogen) atoms. The van der Waals surface area contributed by atoms with E-state index in [0.717, 1.165) is 22.0 Å². The van der Waals surface area contributed by atoms with E-state index in [1.807, 2.05) is 17.5 Å². The van der Waals surface area contributed by atoms with Gasteiger partial charge in [0.05, 0.1) is 5.69 Å². The highest BCUT2D eigenvalue weighted by Gasteiger charge is 2.05. The molecule has 0 radical (unpaired) electrons. The maximum atomic E-state index is 12.9. The largest absolute Gasteiger partial charge is 0.366 e. The van der Waals surface area contributed by atoms with E-state index in [2.05, 4.69) is 10.3 Å². The molecule has 0 bridgehead atoms. The fraction of sp³-hybridized carbons (Fsp3) is 0.0588. The van der Waals surface area contributed by atoms with Crippen molar-refractivity contribution >= 4 is 22.4 Å². The summed E-state index contributed by atoms with van der Waals surface area (Å²) in [6.45, 7) is 0.593. The Hall–Kier alpha value is -2.73. The van der Waals surface area contributed by atoms with Gasteiger partial charge in [0.25, 0.3) is 0 Å².